The Morgan fingerprint density at radius 3 is 2.36 bits per heavy atom. The summed E-state index contributed by atoms with van der Waals surface area (Å²) in [5.41, 5.74) is 0.912. The molecule has 22 heavy (non-hydrogen) atoms. The summed E-state index contributed by atoms with van der Waals surface area (Å²) in [5, 5.41) is 0.977. The van der Waals surface area contributed by atoms with Crippen LogP contribution in [0.2, 0.25) is 0 Å². The Balaban J connectivity index is 1.90. The average Bonchev–Trinajstić information content (AvgIpc) is 2.46. The molecule has 5 heteroatoms. The van der Waals surface area contributed by atoms with E-state index in [1.165, 1.54) is 6.07 Å². The standard InChI is InChI=1S/C17H11F4N/c18-15-9-11(4-6-14(15)17(19,20)21)8-12-3-5-13-2-1-7-22-16(13)10-12/h1-7,9-10H,8H2. The second-order valence-corrected chi connectivity index (χ2v) is 5.02. The Bertz CT molecular complexity index is 824. The van der Waals surface area contributed by atoms with Gasteiger partial charge in [-0.2, -0.15) is 13.2 Å². The first-order valence-electron chi connectivity index (χ1n) is 6.63. The second kappa shape index (κ2) is 5.40. The van der Waals surface area contributed by atoms with Crippen molar-refractivity contribution in [2.24, 2.45) is 0 Å². The van der Waals surface area contributed by atoms with E-state index in [4.69, 9.17) is 0 Å². The van der Waals surface area contributed by atoms with Gasteiger partial charge in [-0.25, -0.2) is 4.39 Å². The number of aromatic nitrogens is 1. The molecule has 1 nitrogen and oxygen atoms in total. The van der Waals surface area contributed by atoms with Crippen molar-refractivity contribution >= 4 is 10.9 Å². The van der Waals surface area contributed by atoms with E-state index in [0.717, 1.165) is 28.6 Å². The van der Waals surface area contributed by atoms with Gasteiger partial charge in [-0.05, 0) is 41.8 Å². The quantitative estimate of drug-likeness (QED) is 0.608. The molecule has 0 N–H and O–H groups in total. The van der Waals surface area contributed by atoms with E-state index in [1.54, 1.807) is 6.20 Å². The fourth-order valence-electron chi connectivity index (χ4n) is 2.36. The summed E-state index contributed by atoms with van der Waals surface area (Å²) in [6.45, 7) is 0. The summed E-state index contributed by atoms with van der Waals surface area (Å²) in [4.78, 5) is 4.22. The van der Waals surface area contributed by atoms with Crippen LogP contribution in [0.4, 0.5) is 17.6 Å². The van der Waals surface area contributed by atoms with Crippen LogP contribution in [-0.4, -0.2) is 4.98 Å². The van der Waals surface area contributed by atoms with Crippen LogP contribution in [0, 0.1) is 5.82 Å². The molecule has 0 saturated heterocycles. The van der Waals surface area contributed by atoms with Crippen LogP contribution in [0.25, 0.3) is 10.9 Å². The smallest absolute Gasteiger partial charge is 0.256 e. The lowest BCUT2D eigenvalue weighted by Gasteiger charge is -2.09. The summed E-state index contributed by atoms with van der Waals surface area (Å²) in [7, 11) is 0. The number of benzene rings is 2. The molecule has 3 rings (SSSR count). The van der Waals surface area contributed by atoms with Crippen LogP contribution in [-0.2, 0) is 12.6 Å². The first-order chi connectivity index (χ1) is 10.4. The zero-order chi connectivity index (χ0) is 15.7. The molecule has 0 amide bonds. The third-order valence-electron chi connectivity index (χ3n) is 3.42. The van der Waals surface area contributed by atoms with Gasteiger partial charge in [0.05, 0.1) is 11.1 Å². The second-order valence-electron chi connectivity index (χ2n) is 5.02. The van der Waals surface area contributed by atoms with Crippen LogP contribution in [0.5, 0.6) is 0 Å². The zero-order valence-corrected chi connectivity index (χ0v) is 11.4. The van der Waals surface area contributed by atoms with E-state index in [-0.39, 0.29) is 0 Å². The third-order valence-corrected chi connectivity index (χ3v) is 3.42. The number of rotatable bonds is 2. The van der Waals surface area contributed by atoms with Crippen LogP contribution in [0.3, 0.4) is 0 Å². The van der Waals surface area contributed by atoms with Gasteiger partial charge in [0, 0.05) is 11.6 Å². The Labute approximate surface area is 124 Å². The molecule has 112 valence electrons. The maximum Gasteiger partial charge on any atom is 0.419 e. The predicted molar refractivity (Wildman–Crippen MR) is 76.0 cm³/mol. The number of halogens is 4. The van der Waals surface area contributed by atoms with E-state index >= 15 is 0 Å². The topological polar surface area (TPSA) is 12.9 Å². The largest absolute Gasteiger partial charge is 0.419 e. The van der Waals surface area contributed by atoms with Crippen molar-refractivity contribution in [3.8, 4) is 0 Å². The summed E-state index contributed by atoms with van der Waals surface area (Å²) >= 11 is 0. The maximum atomic E-state index is 13.6. The molecule has 3 aromatic rings. The van der Waals surface area contributed by atoms with Crippen molar-refractivity contribution in [1.29, 1.82) is 0 Å². The van der Waals surface area contributed by atoms with Crippen LogP contribution >= 0.6 is 0 Å². The molecule has 0 aliphatic carbocycles. The first-order valence-corrected chi connectivity index (χ1v) is 6.63. The molecule has 0 unspecified atom stereocenters. The van der Waals surface area contributed by atoms with Crippen molar-refractivity contribution < 1.29 is 17.6 Å². The molecule has 0 fully saturated rings. The molecule has 0 aliphatic heterocycles. The molecular formula is C17H11F4N. The molecular weight excluding hydrogens is 294 g/mol. The number of hydrogen-bond donors (Lipinski definition) is 0. The number of alkyl halides is 3. The van der Waals surface area contributed by atoms with Crippen molar-refractivity contribution in [2.75, 3.05) is 0 Å². The number of nitrogens with zero attached hydrogens (tertiary/aromatic N) is 1. The van der Waals surface area contributed by atoms with Gasteiger partial charge in [0.25, 0.3) is 0 Å². The minimum Gasteiger partial charge on any atom is -0.256 e. The fourth-order valence-corrected chi connectivity index (χ4v) is 2.36. The summed E-state index contributed by atoms with van der Waals surface area (Å²) in [6, 6.07) is 12.4. The van der Waals surface area contributed by atoms with E-state index in [1.807, 2.05) is 30.3 Å². The highest BCUT2D eigenvalue weighted by molar-refractivity contribution is 5.78. The zero-order valence-electron chi connectivity index (χ0n) is 11.4. The van der Waals surface area contributed by atoms with Gasteiger partial charge in [-0.15, -0.1) is 0 Å². The van der Waals surface area contributed by atoms with E-state index in [0.29, 0.717) is 12.0 Å². The van der Waals surface area contributed by atoms with Gasteiger partial charge in [0.15, 0.2) is 0 Å². The van der Waals surface area contributed by atoms with Gasteiger partial charge in [0.2, 0.25) is 0 Å². The first kappa shape index (κ1) is 14.5. The molecule has 0 radical (unpaired) electrons. The third kappa shape index (κ3) is 2.93. The lowest BCUT2D eigenvalue weighted by molar-refractivity contribution is -0.140. The highest BCUT2D eigenvalue weighted by Gasteiger charge is 2.33. The Hall–Kier alpha value is -2.43. The van der Waals surface area contributed by atoms with Crippen LogP contribution in [0.1, 0.15) is 16.7 Å². The van der Waals surface area contributed by atoms with Crippen molar-refractivity contribution in [1.82, 2.24) is 4.98 Å². The fraction of sp³-hybridized carbons (Fsp3) is 0.118. The molecule has 1 aromatic heterocycles. The Morgan fingerprint density at radius 2 is 1.64 bits per heavy atom. The minimum absolute atomic E-state index is 0.349. The normalized spacial score (nSPS) is 11.8. The van der Waals surface area contributed by atoms with Crippen LogP contribution in [0.15, 0.2) is 54.7 Å². The summed E-state index contributed by atoms with van der Waals surface area (Å²) in [5.74, 6) is -1.25. The lowest BCUT2D eigenvalue weighted by Crippen LogP contribution is -2.08. The van der Waals surface area contributed by atoms with Crippen molar-refractivity contribution in [3.63, 3.8) is 0 Å². The van der Waals surface area contributed by atoms with E-state index in [9.17, 15) is 17.6 Å². The summed E-state index contributed by atoms with van der Waals surface area (Å²) in [6.07, 6.45) is -2.65. The van der Waals surface area contributed by atoms with Gasteiger partial charge in [-0.3, -0.25) is 4.98 Å². The lowest BCUT2D eigenvalue weighted by atomic mass is 10.0. The maximum absolute atomic E-state index is 13.6. The molecule has 0 spiro atoms. The van der Waals surface area contributed by atoms with Gasteiger partial charge in [-0.1, -0.05) is 24.3 Å². The van der Waals surface area contributed by atoms with Crippen molar-refractivity contribution in [2.45, 2.75) is 12.6 Å². The Morgan fingerprint density at radius 1 is 0.909 bits per heavy atom. The highest BCUT2D eigenvalue weighted by Crippen LogP contribution is 2.32. The minimum atomic E-state index is -4.67. The van der Waals surface area contributed by atoms with Gasteiger partial charge >= 0.3 is 6.18 Å². The van der Waals surface area contributed by atoms with Gasteiger partial charge < -0.3 is 0 Å². The molecule has 1 heterocycles. The average molecular weight is 305 g/mol. The van der Waals surface area contributed by atoms with Gasteiger partial charge in [0.1, 0.15) is 5.82 Å². The number of pyridine rings is 1. The molecule has 2 aromatic carbocycles. The monoisotopic (exact) mass is 305 g/mol. The Kier molecular flexibility index (Phi) is 3.56. The molecule has 0 aliphatic rings. The van der Waals surface area contributed by atoms with E-state index < -0.39 is 17.6 Å². The number of fused-ring (bicyclic) bond motifs is 1. The van der Waals surface area contributed by atoms with Crippen molar-refractivity contribution in [3.05, 3.63) is 77.2 Å². The highest BCUT2D eigenvalue weighted by atomic mass is 19.4. The van der Waals surface area contributed by atoms with Crippen LogP contribution < -0.4 is 0 Å². The molecule has 0 atom stereocenters. The van der Waals surface area contributed by atoms with E-state index in [2.05, 4.69) is 4.98 Å². The summed E-state index contributed by atoms with van der Waals surface area (Å²) < 4.78 is 51.2. The molecule has 0 bridgehead atoms. The SMILES string of the molecule is Fc1cc(Cc2ccc3cccnc3c2)ccc1C(F)(F)F. The molecule has 0 saturated carbocycles. The predicted octanol–water partition coefficient (Wildman–Crippen LogP) is 4.98. The number of hydrogen-bond acceptors (Lipinski definition) is 1.